The number of nitrogens with zero attached hydrogens (tertiary/aromatic N) is 2. The van der Waals surface area contributed by atoms with E-state index in [4.69, 9.17) is 0 Å². The van der Waals surface area contributed by atoms with Gasteiger partial charge in [-0.3, -0.25) is 9.78 Å². The molecule has 0 bridgehead atoms. The molecule has 0 fully saturated rings. The summed E-state index contributed by atoms with van der Waals surface area (Å²) in [5.41, 5.74) is 1.95. The van der Waals surface area contributed by atoms with Crippen LogP contribution in [-0.2, 0) is 0 Å². The highest BCUT2D eigenvalue weighted by molar-refractivity contribution is 7.98. The molecule has 1 unspecified atom stereocenters. The predicted molar refractivity (Wildman–Crippen MR) is 61.2 cm³/mol. The Bertz CT molecular complexity index is 547. The maximum absolute atomic E-state index is 11.7. The summed E-state index contributed by atoms with van der Waals surface area (Å²) < 4.78 is 2.13. The molecule has 3 nitrogen and oxygen atoms in total. The SMILES string of the molecule is CSC1CC(=O)c2cc3cnccc3n21. The van der Waals surface area contributed by atoms with E-state index in [2.05, 4.69) is 9.55 Å². The number of thioether (sulfide) groups is 1. The molecule has 0 amide bonds. The number of carbonyl (C=O) groups excluding carboxylic acids is 1. The van der Waals surface area contributed by atoms with E-state index >= 15 is 0 Å². The van der Waals surface area contributed by atoms with Crippen LogP contribution in [0.3, 0.4) is 0 Å². The summed E-state index contributed by atoms with van der Waals surface area (Å²) in [7, 11) is 0. The lowest BCUT2D eigenvalue weighted by molar-refractivity contribution is 0.0994. The highest BCUT2D eigenvalue weighted by atomic mass is 32.2. The Labute approximate surface area is 91.5 Å². The molecule has 1 atom stereocenters. The number of carbonyl (C=O) groups is 1. The Kier molecular flexibility index (Phi) is 1.85. The van der Waals surface area contributed by atoms with Crippen molar-refractivity contribution >= 4 is 28.4 Å². The highest BCUT2D eigenvalue weighted by Gasteiger charge is 2.30. The van der Waals surface area contributed by atoms with Crippen LogP contribution in [0.2, 0.25) is 0 Å². The van der Waals surface area contributed by atoms with Crippen LogP contribution < -0.4 is 0 Å². The first-order valence-corrected chi connectivity index (χ1v) is 6.11. The molecule has 3 heterocycles. The minimum absolute atomic E-state index is 0.241. The molecule has 0 spiro atoms. The summed E-state index contributed by atoms with van der Waals surface area (Å²) in [6, 6.07) is 3.92. The Hall–Kier alpha value is -1.29. The van der Waals surface area contributed by atoms with E-state index in [0.717, 1.165) is 16.6 Å². The Morgan fingerprint density at radius 2 is 2.47 bits per heavy atom. The number of pyridine rings is 1. The van der Waals surface area contributed by atoms with Gasteiger partial charge in [0.1, 0.15) is 0 Å². The fourth-order valence-electron chi connectivity index (χ4n) is 2.14. The quantitative estimate of drug-likeness (QED) is 0.737. The predicted octanol–water partition coefficient (Wildman–Crippen LogP) is 2.48. The molecule has 0 aromatic carbocycles. The molecule has 1 aliphatic heterocycles. The molecule has 3 rings (SSSR count). The number of hydrogen-bond donors (Lipinski definition) is 0. The zero-order chi connectivity index (χ0) is 10.4. The number of rotatable bonds is 1. The zero-order valence-electron chi connectivity index (χ0n) is 8.30. The average molecular weight is 218 g/mol. The van der Waals surface area contributed by atoms with Crippen LogP contribution in [0.4, 0.5) is 0 Å². The summed E-state index contributed by atoms with van der Waals surface area (Å²) in [5, 5.41) is 1.31. The third-order valence-electron chi connectivity index (χ3n) is 2.84. The van der Waals surface area contributed by atoms with E-state index in [1.807, 2.05) is 24.6 Å². The van der Waals surface area contributed by atoms with Gasteiger partial charge in [0.2, 0.25) is 0 Å². The smallest absolute Gasteiger partial charge is 0.182 e. The van der Waals surface area contributed by atoms with Crippen LogP contribution in [0.25, 0.3) is 10.9 Å². The van der Waals surface area contributed by atoms with Gasteiger partial charge < -0.3 is 4.57 Å². The Balaban J connectivity index is 2.34. The third-order valence-corrected chi connectivity index (χ3v) is 3.77. The van der Waals surface area contributed by atoms with E-state index in [1.54, 1.807) is 18.0 Å². The van der Waals surface area contributed by atoms with Crippen molar-refractivity contribution in [2.24, 2.45) is 0 Å². The maximum Gasteiger partial charge on any atom is 0.182 e. The van der Waals surface area contributed by atoms with Gasteiger partial charge in [0.25, 0.3) is 0 Å². The van der Waals surface area contributed by atoms with Crippen LogP contribution >= 0.6 is 11.8 Å². The fraction of sp³-hybridized carbons (Fsp3) is 0.273. The highest BCUT2D eigenvalue weighted by Crippen LogP contribution is 2.37. The molecule has 0 saturated heterocycles. The standard InChI is InChI=1S/C11H10N2OS/c1-15-11-5-10(14)9-4-7-6-12-3-2-8(7)13(9)11/h2-4,6,11H,5H2,1H3. The van der Waals surface area contributed by atoms with Gasteiger partial charge in [-0.25, -0.2) is 0 Å². The van der Waals surface area contributed by atoms with Crippen LogP contribution in [-0.4, -0.2) is 21.6 Å². The van der Waals surface area contributed by atoms with Gasteiger partial charge in [0, 0.05) is 24.2 Å². The van der Waals surface area contributed by atoms with E-state index in [0.29, 0.717) is 6.42 Å². The molecule has 0 radical (unpaired) electrons. The van der Waals surface area contributed by atoms with E-state index in [9.17, 15) is 4.79 Å². The van der Waals surface area contributed by atoms with Crippen LogP contribution in [0.15, 0.2) is 24.5 Å². The third kappa shape index (κ3) is 1.14. The summed E-state index contributed by atoms with van der Waals surface area (Å²) in [6.45, 7) is 0. The molecule has 0 N–H and O–H groups in total. The van der Waals surface area contributed by atoms with Crippen molar-refractivity contribution in [3.05, 3.63) is 30.2 Å². The second-order valence-corrected chi connectivity index (χ2v) is 4.67. The maximum atomic E-state index is 11.7. The molecule has 2 aromatic heterocycles. The first kappa shape index (κ1) is 8.97. The molecular formula is C11H10N2OS. The van der Waals surface area contributed by atoms with Crippen molar-refractivity contribution in [2.75, 3.05) is 6.26 Å². The van der Waals surface area contributed by atoms with E-state index in [1.165, 1.54) is 0 Å². The van der Waals surface area contributed by atoms with Gasteiger partial charge in [0.05, 0.1) is 16.6 Å². The van der Waals surface area contributed by atoms with Crippen molar-refractivity contribution in [2.45, 2.75) is 11.8 Å². The molecule has 76 valence electrons. The molecule has 2 aromatic rings. The number of hydrogen-bond acceptors (Lipinski definition) is 3. The van der Waals surface area contributed by atoms with E-state index < -0.39 is 0 Å². The largest absolute Gasteiger partial charge is 0.325 e. The average Bonchev–Trinajstić information content (AvgIpc) is 2.77. The van der Waals surface area contributed by atoms with Gasteiger partial charge in [-0.2, -0.15) is 0 Å². The molecule has 1 aliphatic rings. The van der Waals surface area contributed by atoms with E-state index in [-0.39, 0.29) is 11.2 Å². The molecular weight excluding hydrogens is 208 g/mol. The summed E-state index contributed by atoms with van der Waals surface area (Å²) in [4.78, 5) is 15.8. The second-order valence-electron chi connectivity index (χ2n) is 3.65. The van der Waals surface area contributed by atoms with Gasteiger partial charge in [0.15, 0.2) is 5.78 Å². The summed E-state index contributed by atoms with van der Waals surface area (Å²) in [5.74, 6) is 0.241. The Morgan fingerprint density at radius 1 is 1.60 bits per heavy atom. The lowest BCUT2D eigenvalue weighted by Crippen LogP contribution is -1.97. The second kappa shape index (κ2) is 3.10. The van der Waals surface area contributed by atoms with Crippen molar-refractivity contribution < 1.29 is 4.79 Å². The van der Waals surface area contributed by atoms with Crippen LogP contribution in [0.1, 0.15) is 22.3 Å². The Morgan fingerprint density at radius 3 is 3.27 bits per heavy atom. The van der Waals surface area contributed by atoms with Crippen molar-refractivity contribution in [1.82, 2.24) is 9.55 Å². The lowest BCUT2D eigenvalue weighted by atomic mass is 10.2. The zero-order valence-corrected chi connectivity index (χ0v) is 9.12. The topological polar surface area (TPSA) is 34.9 Å². The summed E-state index contributed by atoms with van der Waals surface area (Å²) in [6.07, 6.45) is 6.25. The molecule has 0 aliphatic carbocycles. The van der Waals surface area contributed by atoms with Crippen molar-refractivity contribution in [3.8, 4) is 0 Å². The van der Waals surface area contributed by atoms with Gasteiger partial charge in [-0.05, 0) is 18.4 Å². The minimum Gasteiger partial charge on any atom is -0.325 e. The van der Waals surface area contributed by atoms with Crippen molar-refractivity contribution in [1.29, 1.82) is 0 Å². The van der Waals surface area contributed by atoms with Crippen LogP contribution in [0.5, 0.6) is 0 Å². The molecule has 15 heavy (non-hydrogen) atoms. The van der Waals surface area contributed by atoms with Gasteiger partial charge in [-0.15, -0.1) is 11.8 Å². The molecule has 0 saturated carbocycles. The van der Waals surface area contributed by atoms with Gasteiger partial charge in [-0.1, -0.05) is 0 Å². The summed E-state index contributed by atoms with van der Waals surface area (Å²) >= 11 is 1.72. The number of aromatic nitrogens is 2. The number of fused-ring (bicyclic) bond motifs is 3. The number of Topliss-reactive ketones (excluding diaryl/α,β-unsaturated/α-hetero) is 1. The lowest BCUT2D eigenvalue weighted by Gasteiger charge is -2.10. The van der Waals surface area contributed by atoms with Crippen LogP contribution in [0, 0.1) is 0 Å². The van der Waals surface area contributed by atoms with Gasteiger partial charge >= 0.3 is 0 Å². The minimum atomic E-state index is 0.241. The fourth-order valence-corrected chi connectivity index (χ4v) is 2.90. The first-order chi connectivity index (χ1) is 7.31. The molecule has 4 heteroatoms. The first-order valence-electron chi connectivity index (χ1n) is 4.82. The number of ketones is 1. The van der Waals surface area contributed by atoms with Crippen molar-refractivity contribution in [3.63, 3.8) is 0 Å². The normalized spacial score (nSPS) is 19.8. The monoisotopic (exact) mass is 218 g/mol.